The third kappa shape index (κ3) is 11.2. The summed E-state index contributed by atoms with van der Waals surface area (Å²) in [6.07, 6.45) is 7.63. The van der Waals surface area contributed by atoms with E-state index in [1.807, 2.05) is 19.2 Å². The number of aliphatic hydroxyl groups excluding tert-OH is 2. The molecule has 1 aliphatic rings. The number of carbonyl (C=O) groups excluding carboxylic acids is 1. The zero-order chi connectivity index (χ0) is 33.5. The number of benzene rings is 2. The Morgan fingerprint density at radius 2 is 1.98 bits per heavy atom. The van der Waals surface area contributed by atoms with Crippen molar-refractivity contribution in [1.82, 2.24) is 5.32 Å². The number of carbonyl (C=O) groups is 1. The predicted octanol–water partition coefficient (Wildman–Crippen LogP) is 3.40. The van der Waals surface area contributed by atoms with Crippen LogP contribution in [-0.2, 0) is 22.4 Å². The van der Waals surface area contributed by atoms with Gasteiger partial charge in [0.25, 0.3) is 0 Å². The molecule has 0 amide bonds. The van der Waals surface area contributed by atoms with Gasteiger partial charge in [0.1, 0.15) is 5.60 Å². The maximum Gasteiger partial charge on any atom is 0.192 e. The number of nitrogens with one attached hydrogen (secondary N) is 2. The number of aromatic hydroxyl groups is 2. The minimum Gasteiger partial charge on any atom is -0.504 e. The number of nitrogens with two attached hydrogens (primary N) is 1. The first-order valence-electron chi connectivity index (χ1n) is 15.8. The molecule has 12 nitrogen and oxygen atoms in total. The Balaban J connectivity index is 1.68. The lowest BCUT2D eigenvalue weighted by Gasteiger charge is -2.32. The molecule has 0 unspecified atom stereocenters. The number of aryl methyl sites for hydroxylation is 2. The van der Waals surface area contributed by atoms with E-state index in [2.05, 4.69) is 15.6 Å². The Hall–Kier alpha value is -3.84. The van der Waals surface area contributed by atoms with E-state index in [0.29, 0.717) is 81.7 Å². The first kappa shape index (κ1) is 36.6. The van der Waals surface area contributed by atoms with E-state index in [0.717, 1.165) is 17.5 Å². The summed E-state index contributed by atoms with van der Waals surface area (Å²) in [4.78, 5) is 16.5. The molecule has 2 aromatic rings. The minimum absolute atomic E-state index is 0.00947. The molecule has 0 radical (unpaired) electrons. The fraction of sp³-hybridized carbons (Fsp3) is 0.529. The molecule has 46 heavy (non-hydrogen) atoms. The van der Waals surface area contributed by atoms with Crippen LogP contribution in [0.5, 0.6) is 23.0 Å². The Kier molecular flexibility index (Phi) is 14.6. The van der Waals surface area contributed by atoms with Gasteiger partial charge in [-0.1, -0.05) is 12.1 Å². The Morgan fingerprint density at radius 1 is 1.20 bits per heavy atom. The summed E-state index contributed by atoms with van der Waals surface area (Å²) in [6, 6.07) is 8.65. The lowest BCUT2D eigenvalue weighted by molar-refractivity contribution is -0.114. The lowest BCUT2D eigenvalue weighted by Crippen LogP contribution is -2.43. The third-order valence-electron chi connectivity index (χ3n) is 8.09. The largest absolute Gasteiger partial charge is 0.504 e. The number of anilines is 1. The van der Waals surface area contributed by atoms with Crippen LogP contribution in [0.2, 0.25) is 0 Å². The summed E-state index contributed by atoms with van der Waals surface area (Å²) >= 11 is 0. The number of ether oxygens (including phenoxy) is 3. The molecule has 0 saturated heterocycles. The van der Waals surface area contributed by atoms with Gasteiger partial charge >= 0.3 is 0 Å². The predicted molar refractivity (Wildman–Crippen MR) is 178 cm³/mol. The Morgan fingerprint density at radius 3 is 2.70 bits per heavy atom. The van der Waals surface area contributed by atoms with Crippen molar-refractivity contribution < 1.29 is 39.4 Å². The van der Waals surface area contributed by atoms with E-state index in [9.17, 15) is 20.1 Å². The van der Waals surface area contributed by atoms with Crippen molar-refractivity contribution in [3.05, 3.63) is 53.6 Å². The molecule has 3 rings (SSSR count). The van der Waals surface area contributed by atoms with Crippen molar-refractivity contribution in [1.29, 1.82) is 0 Å². The molecule has 8 N–H and O–H groups in total. The van der Waals surface area contributed by atoms with Gasteiger partial charge in [-0.15, -0.1) is 0 Å². The van der Waals surface area contributed by atoms with Crippen LogP contribution in [0.25, 0.3) is 0 Å². The van der Waals surface area contributed by atoms with Gasteiger partial charge in [0.2, 0.25) is 0 Å². The number of phenolic OH excluding ortho intramolecular Hbond substituents is 2. The van der Waals surface area contributed by atoms with Crippen molar-refractivity contribution in [2.24, 2.45) is 16.6 Å². The molecule has 0 aliphatic heterocycles. The summed E-state index contributed by atoms with van der Waals surface area (Å²) in [5.74, 6) is 0.941. The van der Waals surface area contributed by atoms with Crippen LogP contribution in [0.1, 0.15) is 56.1 Å². The first-order valence-corrected chi connectivity index (χ1v) is 15.8. The number of allylic oxidation sites excluding steroid dienone is 2. The van der Waals surface area contributed by atoms with Crippen LogP contribution in [0.15, 0.2) is 47.5 Å². The highest BCUT2D eigenvalue weighted by atomic mass is 16.6. The van der Waals surface area contributed by atoms with Crippen LogP contribution in [0.4, 0.5) is 5.69 Å². The second-order valence-electron chi connectivity index (χ2n) is 11.7. The SMILES string of the molecule is CN=C(N)Nc1cc(CCC=CC(=O)CCc2ccc(O)c(OC)c2)cc(O[C@@]2(CNC)CC[C@H](C[C@H](O)OCCCO)C2)c1O. The Labute approximate surface area is 271 Å². The van der Waals surface area contributed by atoms with Crippen molar-refractivity contribution in [2.75, 3.05) is 46.3 Å². The van der Waals surface area contributed by atoms with E-state index in [-0.39, 0.29) is 35.8 Å². The number of methoxy groups -OCH3 is 1. The van der Waals surface area contributed by atoms with Crippen LogP contribution in [0, 0.1) is 5.92 Å². The maximum absolute atomic E-state index is 12.5. The number of rotatable bonds is 19. The van der Waals surface area contributed by atoms with Gasteiger partial charge in [-0.3, -0.25) is 9.79 Å². The van der Waals surface area contributed by atoms with E-state index in [4.69, 9.17) is 25.1 Å². The van der Waals surface area contributed by atoms with Crippen molar-refractivity contribution >= 4 is 17.4 Å². The highest BCUT2D eigenvalue weighted by Crippen LogP contribution is 2.44. The van der Waals surface area contributed by atoms with Gasteiger partial charge in [-0.25, -0.2) is 0 Å². The molecule has 254 valence electrons. The number of nitrogens with zero attached hydrogens (tertiary/aromatic N) is 1. The van der Waals surface area contributed by atoms with E-state index in [1.54, 1.807) is 37.4 Å². The normalized spacial score (nSPS) is 19.0. The molecule has 12 heteroatoms. The second kappa shape index (κ2) is 18.3. The number of likely N-dealkylation sites (N-methyl/N-ethyl adjacent to an activating group) is 1. The summed E-state index contributed by atoms with van der Waals surface area (Å²) in [5.41, 5.74) is 7.44. The van der Waals surface area contributed by atoms with Gasteiger partial charge in [-0.2, -0.15) is 0 Å². The smallest absolute Gasteiger partial charge is 0.192 e. The third-order valence-corrected chi connectivity index (χ3v) is 8.09. The molecular formula is C34H50N4O8. The average Bonchev–Trinajstić information content (AvgIpc) is 3.42. The zero-order valence-corrected chi connectivity index (χ0v) is 27.1. The standard InChI is InChI=1S/C34H50N4O8/c1-36-22-34(14-13-25(21-34)20-31(42)45-16-6-15-39)46-30-19-24(17-27(32(30)43)38-33(35)37-2)7-4-5-8-26(40)11-9-23-10-12-28(41)29(18-23)44-3/h5,8,10,12,17-19,25,31,36,39,41-43H,4,6-7,9,11,13-16,20-22H2,1-3H3,(H3,35,37,38)/t25-,31-,34+/m1/s1. The molecule has 2 aromatic carbocycles. The molecule has 1 fully saturated rings. The summed E-state index contributed by atoms with van der Waals surface area (Å²) in [5, 5.41) is 46.4. The number of hydrogen-bond donors (Lipinski definition) is 7. The average molecular weight is 643 g/mol. The van der Waals surface area contributed by atoms with E-state index >= 15 is 0 Å². The van der Waals surface area contributed by atoms with Crippen molar-refractivity contribution in [2.45, 2.75) is 69.7 Å². The van der Waals surface area contributed by atoms with E-state index in [1.165, 1.54) is 7.11 Å². The quantitative estimate of drug-likeness (QED) is 0.0297. The Bertz CT molecular complexity index is 1330. The van der Waals surface area contributed by atoms with Crippen molar-refractivity contribution in [3.63, 3.8) is 0 Å². The van der Waals surface area contributed by atoms with Gasteiger partial charge in [-0.05, 0) is 99.4 Å². The van der Waals surface area contributed by atoms with Crippen LogP contribution >= 0.6 is 0 Å². The zero-order valence-electron chi connectivity index (χ0n) is 27.1. The maximum atomic E-state index is 12.5. The monoisotopic (exact) mass is 642 g/mol. The number of aliphatic imine (C=N–C) groups is 1. The summed E-state index contributed by atoms with van der Waals surface area (Å²) in [7, 11) is 4.88. The minimum atomic E-state index is -0.915. The molecule has 0 heterocycles. The molecular weight excluding hydrogens is 592 g/mol. The molecule has 3 atom stereocenters. The van der Waals surface area contributed by atoms with Crippen LogP contribution in [0.3, 0.4) is 0 Å². The highest BCUT2D eigenvalue weighted by Gasteiger charge is 2.42. The number of hydrogen-bond acceptors (Lipinski definition) is 10. The molecule has 0 spiro atoms. The lowest BCUT2D eigenvalue weighted by atomic mass is 9.97. The van der Waals surface area contributed by atoms with Crippen LogP contribution in [-0.4, -0.2) is 85.0 Å². The molecule has 0 aromatic heterocycles. The van der Waals surface area contributed by atoms with Gasteiger partial charge < -0.3 is 51.0 Å². The van der Waals surface area contributed by atoms with Crippen molar-refractivity contribution in [3.8, 4) is 23.0 Å². The number of aliphatic hydroxyl groups is 2. The summed E-state index contributed by atoms with van der Waals surface area (Å²) in [6.45, 7) is 0.844. The fourth-order valence-electron chi connectivity index (χ4n) is 5.75. The van der Waals surface area contributed by atoms with Gasteiger partial charge in [0, 0.05) is 33.0 Å². The highest BCUT2D eigenvalue weighted by molar-refractivity contribution is 5.94. The first-order chi connectivity index (χ1) is 22.1. The van der Waals surface area contributed by atoms with Gasteiger partial charge in [0.05, 0.1) is 19.4 Å². The van der Waals surface area contributed by atoms with E-state index < -0.39 is 11.9 Å². The van der Waals surface area contributed by atoms with Crippen LogP contribution < -0.4 is 25.8 Å². The second-order valence-corrected chi connectivity index (χ2v) is 11.7. The van der Waals surface area contributed by atoms with Gasteiger partial charge in [0.15, 0.2) is 41.0 Å². The molecule has 1 saturated carbocycles. The summed E-state index contributed by atoms with van der Waals surface area (Å²) < 4.78 is 17.2. The number of ketones is 1. The molecule has 0 bridgehead atoms. The number of guanidine groups is 1. The fourth-order valence-corrected chi connectivity index (χ4v) is 5.75. The topological polar surface area (TPSA) is 188 Å². The number of phenols is 2. The molecule has 1 aliphatic carbocycles.